The van der Waals surface area contributed by atoms with E-state index in [2.05, 4.69) is 15.5 Å². The number of halogens is 1. The first-order chi connectivity index (χ1) is 17.5. The van der Waals surface area contributed by atoms with Crippen molar-refractivity contribution in [1.29, 1.82) is 0 Å². The molecule has 0 bridgehead atoms. The molecule has 6 nitrogen and oxygen atoms in total. The van der Waals surface area contributed by atoms with Gasteiger partial charge >= 0.3 is 0 Å². The number of amides is 2. The van der Waals surface area contributed by atoms with Crippen LogP contribution < -0.4 is 10.2 Å². The van der Waals surface area contributed by atoms with Crippen LogP contribution in [0.5, 0.6) is 0 Å². The molecule has 1 N–H and O–H groups in total. The molecule has 182 valence electrons. The minimum atomic E-state index is -0.235. The number of hydrogen-bond donors (Lipinski definition) is 1. The second kappa shape index (κ2) is 10.8. The SMILES string of the molecule is Cc1ccc(N2CC(c3nnc(NC(=O)c4ccccc4SCc4ccc(Cl)cc4)s3)CC2=O)cc1. The molecule has 0 saturated carbocycles. The predicted molar refractivity (Wildman–Crippen MR) is 146 cm³/mol. The summed E-state index contributed by atoms with van der Waals surface area (Å²) in [6.07, 6.45) is 0.376. The number of nitrogens with zero attached hydrogens (tertiary/aromatic N) is 3. The number of carbonyl (C=O) groups excluding carboxylic acids is 2. The first-order valence-electron chi connectivity index (χ1n) is 11.4. The molecule has 9 heteroatoms. The maximum absolute atomic E-state index is 13.1. The summed E-state index contributed by atoms with van der Waals surface area (Å²) >= 11 is 8.88. The minimum absolute atomic E-state index is 0.0517. The zero-order valence-corrected chi connectivity index (χ0v) is 21.9. The molecule has 0 aliphatic carbocycles. The lowest BCUT2D eigenvalue weighted by atomic mass is 10.1. The van der Waals surface area contributed by atoms with Crippen molar-refractivity contribution in [3.05, 3.63) is 99.5 Å². The number of hydrogen-bond acceptors (Lipinski definition) is 6. The molecule has 1 fully saturated rings. The summed E-state index contributed by atoms with van der Waals surface area (Å²) in [7, 11) is 0. The molecular weight excluding hydrogens is 512 g/mol. The van der Waals surface area contributed by atoms with Gasteiger partial charge in [-0.15, -0.1) is 22.0 Å². The Labute approximate surface area is 222 Å². The van der Waals surface area contributed by atoms with E-state index in [9.17, 15) is 9.59 Å². The van der Waals surface area contributed by atoms with Crippen molar-refractivity contribution < 1.29 is 9.59 Å². The average Bonchev–Trinajstić information content (AvgIpc) is 3.51. The molecule has 36 heavy (non-hydrogen) atoms. The molecule has 1 aliphatic rings. The van der Waals surface area contributed by atoms with Gasteiger partial charge in [-0.25, -0.2) is 0 Å². The van der Waals surface area contributed by atoms with Crippen molar-refractivity contribution >= 4 is 57.3 Å². The summed E-state index contributed by atoms with van der Waals surface area (Å²) in [4.78, 5) is 28.4. The van der Waals surface area contributed by atoms with Crippen LogP contribution in [0.2, 0.25) is 5.02 Å². The lowest BCUT2D eigenvalue weighted by molar-refractivity contribution is -0.117. The van der Waals surface area contributed by atoms with Gasteiger partial charge in [-0.05, 0) is 48.9 Å². The first-order valence-corrected chi connectivity index (χ1v) is 13.6. The number of thioether (sulfide) groups is 1. The van der Waals surface area contributed by atoms with Crippen molar-refractivity contribution in [3.8, 4) is 0 Å². The quantitative estimate of drug-likeness (QED) is 0.271. The minimum Gasteiger partial charge on any atom is -0.312 e. The number of aromatic nitrogens is 2. The van der Waals surface area contributed by atoms with E-state index in [1.807, 2.05) is 73.7 Å². The van der Waals surface area contributed by atoms with E-state index in [1.54, 1.807) is 22.7 Å². The molecule has 1 aromatic heterocycles. The van der Waals surface area contributed by atoms with Crippen molar-refractivity contribution in [1.82, 2.24) is 10.2 Å². The van der Waals surface area contributed by atoms with E-state index in [-0.39, 0.29) is 17.7 Å². The lowest BCUT2D eigenvalue weighted by Gasteiger charge is -2.16. The monoisotopic (exact) mass is 534 g/mol. The fourth-order valence-corrected chi connectivity index (χ4v) is 5.94. The Morgan fingerprint density at radius 3 is 2.61 bits per heavy atom. The highest BCUT2D eigenvalue weighted by atomic mass is 35.5. The fourth-order valence-electron chi connectivity index (χ4n) is 3.98. The molecule has 4 aromatic rings. The highest BCUT2D eigenvalue weighted by Crippen LogP contribution is 2.35. The fraction of sp³-hybridized carbons (Fsp3) is 0.185. The van der Waals surface area contributed by atoms with Crippen LogP contribution in [-0.4, -0.2) is 28.6 Å². The molecule has 1 aliphatic heterocycles. The van der Waals surface area contributed by atoms with Gasteiger partial charge in [0.25, 0.3) is 5.91 Å². The number of carbonyl (C=O) groups is 2. The van der Waals surface area contributed by atoms with Gasteiger partial charge in [0.15, 0.2) is 0 Å². The van der Waals surface area contributed by atoms with Crippen molar-refractivity contribution in [2.45, 2.75) is 29.9 Å². The lowest BCUT2D eigenvalue weighted by Crippen LogP contribution is -2.24. The Kier molecular flexibility index (Phi) is 7.36. The van der Waals surface area contributed by atoms with Crippen LogP contribution in [0, 0.1) is 6.92 Å². The zero-order chi connectivity index (χ0) is 25.1. The molecule has 2 heterocycles. The van der Waals surface area contributed by atoms with Crippen LogP contribution >= 0.6 is 34.7 Å². The summed E-state index contributed by atoms with van der Waals surface area (Å²) in [5.41, 5.74) is 3.74. The van der Waals surface area contributed by atoms with Gasteiger partial charge in [0.2, 0.25) is 11.0 Å². The predicted octanol–water partition coefficient (Wildman–Crippen LogP) is 6.57. The Balaban J connectivity index is 1.24. The summed E-state index contributed by atoms with van der Waals surface area (Å²) in [6.45, 7) is 2.57. The Hall–Kier alpha value is -3.20. The second-order valence-corrected chi connectivity index (χ2v) is 11.0. The molecule has 2 amide bonds. The van der Waals surface area contributed by atoms with Gasteiger partial charge in [0.1, 0.15) is 5.01 Å². The van der Waals surface area contributed by atoms with Gasteiger partial charge in [-0.3, -0.25) is 14.9 Å². The van der Waals surface area contributed by atoms with Crippen LogP contribution in [0.15, 0.2) is 77.7 Å². The van der Waals surface area contributed by atoms with Crippen LogP contribution in [0.1, 0.15) is 38.8 Å². The molecular formula is C27H23ClN4O2S2. The molecule has 1 unspecified atom stereocenters. The largest absolute Gasteiger partial charge is 0.312 e. The molecule has 3 aromatic carbocycles. The summed E-state index contributed by atoms with van der Waals surface area (Å²) in [5.74, 6) is 0.499. The Morgan fingerprint density at radius 1 is 1.08 bits per heavy atom. The van der Waals surface area contributed by atoms with E-state index >= 15 is 0 Å². The summed E-state index contributed by atoms with van der Waals surface area (Å²) < 4.78 is 0. The molecule has 1 atom stereocenters. The first kappa shape index (κ1) is 24.5. The molecule has 5 rings (SSSR count). The molecule has 0 radical (unpaired) electrons. The van der Waals surface area contributed by atoms with E-state index in [4.69, 9.17) is 11.6 Å². The number of rotatable bonds is 7. The maximum Gasteiger partial charge on any atom is 0.258 e. The van der Waals surface area contributed by atoms with Crippen LogP contribution in [0.25, 0.3) is 0 Å². The van der Waals surface area contributed by atoms with Crippen LogP contribution in [-0.2, 0) is 10.5 Å². The topological polar surface area (TPSA) is 75.2 Å². The van der Waals surface area contributed by atoms with Crippen molar-refractivity contribution in [2.75, 3.05) is 16.8 Å². The maximum atomic E-state index is 13.1. The van der Waals surface area contributed by atoms with Crippen molar-refractivity contribution in [3.63, 3.8) is 0 Å². The number of anilines is 2. The van der Waals surface area contributed by atoms with Gasteiger partial charge in [-0.1, -0.05) is 64.9 Å². The van der Waals surface area contributed by atoms with Gasteiger partial charge in [-0.2, -0.15) is 0 Å². The zero-order valence-electron chi connectivity index (χ0n) is 19.5. The van der Waals surface area contributed by atoms with Gasteiger partial charge in [0, 0.05) is 40.2 Å². The number of nitrogens with one attached hydrogen (secondary N) is 1. The standard InChI is InChI=1S/C27H23ClN4O2S2/c1-17-6-12-21(13-7-17)32-15-19(14-24(32)33)26-30-31-27(36-26)29-25(34)22-4-2-3-5-23(22)35-16-18-8-10-20(28)11-9-18/h2-13,19H,14-16H2,1H3,(H,29,31,34). The third-order valence-corrected chi connectivity index (χ3v) is 8.32. The number of benzene rings is 3. The number of aryl methyl sites for hydroxylation is 1. The third-order valence-electron chi connectivity index (χ3n) is 5.92. The normalized spacial score (nSPS) is 15.3. The van der Waals surface area contributed by atoms with E-state index in [0.29, 0.717) is 28.7 Å². The van der Waals surface area contributed by atoms with Crippen LogP contribution in [0.3, 0.4) is 0 Å². The second-order valence-electron chi connectivity index (χ2n) is 8.55. The summed E-state index contributed by atoms with van der Waals surface area (Å²) in [5, 5.41) is 13.2. The third kappa shape index (κ3) is 5.61. The van der Waals surface area contributed by atoms with E-state index in [0.717, 1.165) is 32.5 Å². The highest BCUT2D eigenvalue weighted by molar-refractivity contribution is 7.98. The van der Waals surface area contributed by atoms with Crippen molar-refractivity contribution in [2.24, 2.45) is 0 Å². The van der Waals surface area contributed by atoms with Gasteiger partial charge < -0.3 is 4.90 Å². The molecule has 0 spiro atoms. The van der Waals surface area contributed by atoms with Gasteiger partial charge in [0.05, 0.1) is 5.56 Å². The van der Waals surface area contributed by atoms with Crippen LogP contribution in [0.4, 0.5) is 10.8 Å². The highest BCUT2D eigenvalue weighted by Gasteiger charge is 2.34. The molecule has 1 saturated heterocycles. The average molecular weight is 535 g/mol. The van der Waals surface area contributed by atoms with E-state index < -0.39 is 0 Å². The Bertz CT molecular complexity index is 1390. The van der Waals surface area contributed by atoms with E-state index in [1.165, 1.54) is 11.3 Å². The smallest absolute Gasteiger partial charge is 0.258 e. The summed E-state index contributed by atoms with van der Waals surface area (Å²) in [6, 6.07) is 23.1. The Morgan fingerprint density at radius 2 is 1.83 bits per heavy atom.